The summed E-state index contributed by atoms with van der Waals surface area (Å²) in [5.74, 6) is -0.518. The Morgan fingerprint density at radius 2 is 2.05 bits per heavy atom. The van der Waals surface area contributed by atoms with E-state index in [1.54, 1.807) is 6.92 Å². The van der Waals surface area contributed by atoms with Crippen LogP contribution in [0, 0.1) is 12.7 Å². The largest absolute Gasteiger partial charge is 0.381 e. The maximum atomic E-state index is 13.7. The van der Waals surface area contributed by atoms with Crippen molar-refractivity contribution in [1.82, 2.24) is 4.31 Å². The van der Waals surface area contributed by atoms with Gasteiger partial charge in [0.2, 0.25) is 10.0 Å². The van der Waals surface area contributed by atoms with Gasteiger partial charge in [0.05, 0.1) is 4.90 Å². The Morgan fingerprint density at radius 1 is 1.38 bits per heavy atom. The molecule has 1 aromatic carbocycles. The standard InChI is InChI=1S/C14H21FN2O3S/c1-11-2-3-13(10-14(11)15)21(18,19)17(7-6-16)12-4-8-20-9-5-12/h2-3,10,12H,4-9,16H2,1H3. The second-order valence-electron chi connectivity index (χ2n) is 5.16. The first-order valence-electron chi connectivity index (χ1n) is 7.02. The highest BCUT2D eigenvalue weighted by Gasteiger charge is 2.32. The Hall–Kier alpha value is -1.02. The molecule has 2 rings (SSSR count). The molecular weight excluding hydrogens is 295 g/mol. The molecule has 0 spiro atoms. The molecule has 118 valence electrons. The summed E-state index contributed by atoms with van der Waals surface area (Å²) in [7, 11) is -3.74. The smallest absolute Gasteiger partial charge is 0.243 e. The fraction of sp³-hybridized carbons (Fsp3) is 0.571. The first kappa shape index (κ1) is 16.4. The first-order valence-corrected chi connectivity index (χ1v) is 8.46. The van der Waals surface area contributed by atoms with Gasteiger partial charge in [0.15, 0.2) is 0 Å². The van der Waals surface area contributed by atoms with Crippen molar-refractivity contribution in [2.75, 3.05) is 26.3 Å². The van der Waals surface area contributed by atoms with E-state index in [4.69, 9.17) is 10.5 Å². The molecule has 21 heavy (non-hydrogen) atoms. The highest BCUT2D eigenvalue weighted by Crippen LogP contribution is 2.24. The number of sulfonamides is 1. The van der Waals surface area contributed by atoms with Crippen LogP contribution in [0.25, 0.3) is 0 Å². The van der Waals surface area contributed by atoms with Crippen LogP contribution in [0.5, 0.6) is 0 Å². The highest BCUT2D eigenvalue weighted by molar-refractivity contribution is 7.89. The van der Waals surface area contributed by atoms with Crippen LogP contribution < -0.4 is 5.73 Å². The summed E-state index contributed by atoms with van der Waals surface area (Å²) in [5.41, 5.74) is 5.98. The SMILES string of the molecule is Cc1ccc(S(=O)(=O)N(CCN)C2CCOCC2)cc1F. The predicted octanol–water partition coefficient (Wildman–Crippen LogP) is 1.26. The van der Waals surface area contributed by atoms with Crippen molar-refractivity contribution in [3.63, 3.8) is 0 Å². The van der Waals surface area contributed by atoms with E-state index in [0.717, 1.165) is 6.07 Å². The molecule has 7 heteroatoms. The molecule has 1 saturated heterocycles. The van der Waals surface area contributed by atoms with Gasteiger partial charge in [0.25, 0.3) is 0 Å². The van der Waals surface area contributed by atoms with Gasteiger partial charge in [0, 0.05) is 32.3 Å². The molecule has 0 bridgehead atoms. The minimum Gasteiger partial charge on any atom is -0.381 e. The van der Waals surface area contributed by atoms with Crippen LogP contribution >= 0.6 is 0 Å². The van der Waals surface area contributed by atoms with Gasteiger partial charge in [-0.05, 0) is 37.5 Å². The number of nitrogens with two attached hydrogens (primary N) is 1. The molecule has 0 aromatic heterocycles. The highest BCUT2D eigenvalue weighted by atomic mass is 32.2. The van der Waals surface area contributed by atoms with Gasteiger partial charge in [0.1, 0.15) is 5.82 Å². The number of hydrogen-bond acceptors (Lipinski definition) is 4. The average molecular weight is 316 g/mol. The summed E-state index contributed by atoms with van der Waals surface area (Å²) in [6, 6.07) is 3.85. The van der Waals surface area contributed by atoms with Crippen LogP contribution in [0.3, 0.4) is 0 Å². The molecule has 0 amide bonds. The summed E-state index contributed by atoms with van der Waals surface area (Å²) in [5, 5.41) is 0. The molecule has 1 heterocycles. The summed E-state index contributed by atoms with van der Waals surface area (Å²) in [6.07, 6.45) is 1.27. The first-order chi connectivity index (χ1) is 9.96. The maximum absolute atomic E-state index is 13.7. The van der Waals surface area contributed by atoms with Gasteiger partial charge in [-0.15, -0.1) is 0 Å². The molecule has 0 atom stereocenters. The fourth-order valence-corrected chi connectivity index (χ4v) is 4.18. The Balaban J connectivity index is 2.34. The number of rotatable bonds is 5. The van der Waals surface area contributed by atoms with Gasteiger partial charge >= 0.3 is 0 Å². The van der Waals surface area contributed by atoms with Crippen molar-refractivity contribution in [1.29, 1.82) is 0 Å². The molecule has 5 nitrogen and oxygen atoms in total. The van der Waals surface area contributed by atoms with Crippen LogP contribution in [0.15, 0.2) is 23.1 Å². The second kappa shape index (κ2) is 6.83. The van der Waals surface area contributed by atoms with Gasteiger partial charge < -0.3 is 10.5 Å². The van der Waals surface area contributed by atoms with Crippen LogP contribution in [0.4, 0.5) is 4.39 Å². The molecule has 0 saturated carbocycles. The monoisotopic (exact) mass is 316 g/mol. The number of benzene rings is 1. The number of ether oxygens (including phenoxy) is 1. The fourth-order valence-electron chi connectivity index (χ4n) is 2.47. The Bertz CT molecular complexity index is 586. The van der Waals surface area contributed by atoms with E-state index in [0.29, 0.717) is 31.6 Å². The zero-order valence-corrected chi connectivity index (χ0v) is 12.9. The number of hydrogen-bond donors (Lipinski definition) is 1. The summed E-state index contributed by atoms with van der Waals surface area (Å²) >= 11 is 0. The molecule has 0 radical (unpaired) electrons. The second-order valence-corrected chi connectivity index (χ2v) is 7.05. The predicted molar refractivity (Wildman–Crippen MR) is 77.9 cm³/mol. The summed E-state index contributed by atoms with van der Waals surface area (Å²) in [6.45, 7) is 3.11. The van der Waals surface area contributed by atoms with Crippen LogP contribution in [-0.4, -0.2) is 45.1 Å². The molecule has 2 N–H and O–H groups in total. The van der Waals surface area contributed by atoms with Crippen LogP contribution in [0.1, 0.15) is 18.4 Å². The van der Waals surface area contributed by atoms with Crippen molar-refractivity contribution in [3.8, 4) is 0 Å². The van der Waals surface area contributed by atoms with Crippen molar-refractivity contribution in [3.05, 3.63) is 29.6 Å². The normalized spacial score (nSPS) is 17.3. The zero-order valence-electron chi connectivity index (χ0n) is 12.1. The van der Waals surface area contributed by atoms with E-state index in [-0.39, 0.29) is 24.0 Å². The van der Waals surface area contributed by atoms with E-state index >= 15 is 0 Å². The number of aryl methyl sites for hydroxylation is 1. The van der Waals surface area contributed by atoms with E-state index in [9.17, 15) is 12.8 Å². The third-order valence-corrected chi connectivity index (χ3v) is 5.65. The lowest BCUT2D eigenvalue weighted by molar-refractivity contribution is 0.0590. The van der Waals surface area contributed by atoms with E-state index < -0.39 is 15.8 Å². The van der Waals surface area contributed by atoms with Gasteiger partial charge in [-0.1, -0.05) is 6.07 Å². The lowest BCUT2D eigenvalue weighted by Crippen LogP contribution is -2.45. The van der Waals surface area contributed by atoms with Crippen molar-refractivity contribution in [2.45, 2.75) is 30.7 Å². The van der Waals surface area contributed by atoms with Crippen LogP contribution in [-0.2, 0) is 14.8 Å². The molecule has 0 unspecified atom stereocenters. The van der Waals surface area contributed by atoms with Crippen molar-refractivity contribution >= 4 is 10.0 Å². The molecule has 1 aromatic rings. The molecule has 1 fully saturated rings. The number of halogens is 1. The maximum Gasteiger partial charge on any atom is 0.243 e. The van der Waals surface area contributed by atoms with Gasteiger partial charge in [-0.25, -0.2) is 12.8 Å². The third kappa shape index (κ3) is 3.60. The molecule has 0 aliphatic carbocycles. The molecule has 1 aliphatic heterocycles. The Kier molecular flexibility index (Phi) is 5.32. The third-order valence-electron chi connectivity index (χ3n) is 3.70. The lowest BCUT2D eigenvalue weighted by Gasteiger charge is -2.33. The zero-order chi connectivity index (χ0) is 15.5. The van der Waals surface area contributed by atoms with Gasteiger partial charge in [-0.2, -0.15) is 4.31 Å². The van der Waals surface area contributed by atoms with Crippen molar-refractivity contribution in [2.24, 2.45) is 5.73 Å². The minimum absolute atomic E-state index is 0.0226. The number of nitrogens with zero attached hydrogens (tertiary/aromatic N) is 1. The topological polar surface area (TPSA) is 72.6 Å². The Morgan fingerprint density at radius 3 is 2.62 bits per heavy atom. The molecule has 1 aliphatic rings. The van der Waals surface area contributed by atoms with E-state index in [2.05, 4.69) is 0 Å². The summed E-state index contributed by atoms with van der Waals surface area (Å²) in [4.78, 5) is -0.0226. The van der Waals surface area contributed by atoms with E-state index in [1.165, 1.54) is 16.4 Å². The minimum atomic E-state index is -3.74. The van der Waals surface area contributed by atoms with Gasteiger partial charge in [-0.3, -0.25) is 0 Å². The Labute approximate surface area is 124 Å². The average Bonchev–Trinajstić information content (AvgIpc) is 2.48. The quantitative estimate of drug-likeness (QED) is 0.888. The molecular formula is C14H21FN2O3S. The van der Waals surface area contributed by atoms with Crippen molar-refractivity contribution < 1.29 is 17.5 Å². The van der Waals surface area contributed by atoms with Crippen LogP contribution in [0.2, 0.25) is 0 Å². The lowest BCUT2D eigenvalue weighted by atomic mass is 10.1. The van der Waals surface area contributed by atoms with E-state index in [1.807, 2.05) is 0 Å². The summed E-state index contributed by atoms with van der Waals surface area (Å²) < 4.78 is 45.8.